The van der Waals surface area contributed by atoms with Crippen LogP contribution in [0.25, 0.3) is 22.5 Å². The van der Waals surface area contributed by atoms with Crippen molar-refractivity contribution < 1.29 is 9.15 Å². The molecule has 1 N–H and O–H groups in total. The number of ether oxygens (including phenoxy) is 1. The molecule has 0 radical (unpaired) electrons. The van der Waals surface area contributed by atoms with Crippen molar-refractivity contribution in [2.24, 2.45) is 0 Å². The van der Waals surface area contributed by atoms with E-state index in [4.69, 9.17) is 14.1 Å². The summed E-state index contributed by atoms with van der Waals surface area (Å²) in [7, 11) is 2.17. The van der Waals surface area contributed by atoms with E-state index in [9.17, 15) is 0 Å². The molecule has 3 aliphatic heterocycles. The third kappa shape index (κ3) is 2.98. The Morgan fingerprint density at radius 1 is 1.07 bits per heavy atom. The number of aryl methyl sites for hydroxylation is 1. The summed E-state index contributed by atoms with van der Waals surface area (Å²) in [4.78, 5) is 11.4. The van der Waals surface area contributed by atoms with Gasteiger partial charge < -0.3 is 19.4 Å². The van der Waals surface area contributed by atoms with Crippen LogP contribution in [0.3, 0.4) is 0 Å². The molecule has 2 saturated heterocycles. The van der Waals surface area contributed by atoms with Crippen LogP contribution in [0.15, 0.2) is 40.9 Å². The summed E-state index contributed by atoms with van der Waals surface area (Å²) in [5.41, 5.74) is 4.40. The highest BCUT2D eigenvalue weighted by Gasteiger charge is 2.35. The van der Waals surface area contributed by atoms with Crippen molar-refractivity contribution in [2.75, 3.05) is 11.9 Å². The van der Waals surface area contributed by atoms with Crippen molar-refractivity contribution in [1.82, 2.24) is 15.3 Å². The van der Waals surface area contributed by atoms with Crippen LogP contribution < -0.4 is 15.0 Å². The Kier molecular flexibility index (Phi) is 4.09. The van der Waals surface area contributed by atoms with Gasteiger partial charge in [-0.05, 0) is 55.0 Å². The van der Waals surface area contributed by atoms with Gasteiger partial charge in [0.1, 0.15) is 12.4 Å². The highest BCUT2D eigenvalue weighted by molar-refractivity contribution is 5.77. The Morgan fingerprint density at radius 2 is 1.87 bits per heavy atom. The Bertz CT molecular complexity index is 1100. The molecule has 6 nitrogen and oxygen atoms in total. The van der Waals surface area contributed by atoms with Gasteiger partial charge in [0.2, 0.25) is 5.88 Å². The predicted molar refractivity (Wildman–Crippen MR) is 116 cm³/mol. The number of piperidine rings is 1. The SMILES string of the molecule is Cc1ncc(-c2ccc3c(c2)COc2nc(N(C)[C@@H]4C[C@H]5CC[C@@H](C4)N5)ccc2-3)o1. The molecule has 0 amide bonds. The number of nitrogens with one attached hydrogen (secondary N) is 1. The van der Waals surface area contributed by atoms with Crippen LogP contribution >= 0.6 is 0 Å². The molecule has 3 atom stereocenters. The number of hydrogen-bond acceptors (Lipinski definition) is 6. The average molecular weight is 402 g/mol. The molecule has 0 saturated carbocycles. The van der Waals surface area contributed by atoms with Gasteiger partial charge in [-0.15, -0.1) is 0 Å². The quantitative estimate of drug-likeness (QED) is 0.704. The van der Waals surface area contributed by atoms with Gasteiger partial charge in [0.15, 0.2) is 11.7 Å². The monoisotopic (exact) mass is 402 g/mol. The topological polar surface area (TPSA) is 63.4 Å². The summed E-state index contributed by atoms with van der Waals surface area (Å²) in [6, 6.07) is 12.5. The number of nitrogens with zero attached hydrogens (tertiary/aromatic N) is 3. The second-order valence-electron chi connectivity index (χ2n) is 8.80. The van der Waals surface area contributed by atoms with Crippen molar-refractivity contribution in [3.05, 3.63) is 48.0 Å². The van der Waals surface area contributed by atoms with E-state index in [1.165, 1.54) is 31.2 Å². The Labute approximate surface area is 176 Å². The molecule has 0 spiro atoms. The molecule has 3 aromatic rings. The number of benzene rings is 1. The molecule has 6 rings (SSSR count). The molecule has 0 unspecified atom stereocenters. The van der Waals surface area contributed by atoms with Gasteiger partial charge in [-0.25, -0.2) is 4.98 Å². The molecule has 3 aliphatic rings. The average Bonchev–Trinajstić information content (AvgIpc) is 3.36. The van der Waals surface area contributed by atoms with Crippen LogP contribution in [0.1, 0.15) is 37.1 Å². The molecule has 0 aliphatic carbocycles. The third-order valence-corrected chi connectivity index (χ3v) is 6.87. The van der Waals surface area contributed by atoms with E-state index < -0.39 is 0 Å². The third-order valence-electron chi connectivity index (χ3n) is 6.87. The number of anilines is 1. The number of aromatic nitrogens is 2. The van der Waals surface area contributed by atoms with E-state index in [2.05, 4.69) is 52.6 Å². The van der Waals surface area contributed by atoms with Crippen LogP contribution in [0.2, 0.25) is 0 Å². The van der Waals surface area contributed by atoms with Crippen LogP contribution in [0.4, 0.5) is 5.82 Å². The van der Waals surface area contributed by atoms with Gasteiger partial charge in [0, 0.05) is 43.2 Å². The molecule has 6 heteroatoms. The summed E-state index contributed by atoms with van der Waals surface area (Å²) < 4.78 is 11.8. The molecule has 154 valence electrons. The van der Waals surface area contributed by atoms with Gasteiger partial charge in [0.05, 0.1) is 6.20 Å². The lowest BCUT2D eigenvalue weighted by Crippen LogP contribution is -2.47. The minimum Gasteiger partial charge on any atom is -0.472 e. The first kappa shape index (κ1) is 18.0. The highest BCUT2D eigenvalue weighted by atomic mass is 16.5. The van der Waals surface area contributed by atoms with Gasteiger partial charge >= 0.3 is 0 Å². The van der Waals surface area contributed by atoms with Gasteiger partial charge in [-0.2, -0.15) is 4.98 Å². The van der Waals surface area contributed by atoms with E-state index in [1.54, 1.807) is 6.20 Å². The lowest BCUT2D eigenvalue weighted by atomic mass is 9.96. The van der Waals surface area contributed by atoms with Gasteiger partial charge in [-0.1, -0.05) is 12.1 Å². The molecule has 2 fully saturated rings. The van der Waals surface area contributed by atoms with E-state index in [-0.39, 0.29) is 0 Å². The molecule has 2 aromatic heterocycles. The summed E-state index contributed by atoms with van der Waals surface area (Å²) in [5.74, 6) is 3.18. The fourth-order valence-corrected chi connectivity index (χ4v) is 5.24. The normalized spacial score (nSPS) is 24.1. The number of rotatable bonds is 3. The molecular weight excluding hydrogens is 376 g/mol. The molecular formula is C24H26N4O2. The first-order chi connectivity index (χ1) is 14.6. The maximum Gasteiger partial charge on any atom is 0.223 e. The lowest BCUT2D eigenvalue weighted by Gasteiger charge is -2.36. The maximum atomic E-state index is 6.08. The van der Waals surface area contributed by atoms with Gasteiger partial charge in [-0.3, -0.25) is 0 Å². The summed E-state index contributed by atoms with van der Waals surface area (Å²) >= 11 is 0. The Hall–Kier alpha value is -2.86. The zero-order valence-corrected chi connectivity index (χ0v) is 17.4. The molecule has 5 heterocycles. The van der Waals surface area contributed by atoms with Crippen molar-refractivity contribution in [3.63, 3.8) is 0 Å². The van der Waals surface area contributed by atoms with Gasteiger partial charge in [0.25, 0.3) is 0 Å². The van der Waals surface area contributed by atoms with E-state index >= 15 is 0 Å². The largest absolute Gasteiger partial charge is 0.472 e. The Morgan fingerprint density at radius 3 is 2.63 bits per heavy atom. The molecule has 30 heavy (non-hydrogen) atoms. The van der Waals surface area contributed by atoms with Crippen LogP contribution in [-0.2, 0) is 6.61 Å². The van der Waals surface area contributed by atoms with Crippen molar-refractivity contribution >= 4 is 5.82 Å². The predicted octanol–water partition coefficient (Wildman–Crippen LogP) is 4.32. The smallest absolute Gasteiger partial charge is 0.223 e. The van der Waals surface area contributed by atoms with Crippen LogP contribution in [0, 0.1) is 6.92 Å². The Balaban J connectivity index is 1.28. The number of fused-ring (bicyclic) bond motifs is 5. The van der Waals surface area contributed by atoms with E-state index in [0.29, 0.717) is 30.6 Å². The zero-order valence-electron chi connectivity index (χ0n) is 17.4. The number of hydrogen-bond donors (Lipinski definition) is 1. The zero-order chi connectivity index (χ0) is 20.2. The first-order valence-electron chi connectivity index (χ1n) is 10.8. The van der Waals surface area contributed by atoms with Crippen molar-refractivity contribution in [3.8, 4) is 28.3 Å². The first-order valence-corrected chi connectivity index (χ1v) is 10.8. The molecule has 2 bridgehead atoms. The summed E-state index contributed by atoms with van der Waals surface area (Å²) in [6.45, 7) is 2.37. The van der Waals surface area contributed by atoms with Crippen LogP contribution in [0.5, 0.6) is 5.88 Å². The number of pyridine rings is 1. The van der Waals surface area contributed by atoms with Crippen molar-refractivity contribution in [2.45, 2.75) is 57.3 Å². The summed E-state index contributed by atoms with van der Waals surface area (Å²) in [5, 5.41) is 3.72. The highest BCUT2D eigenvalue weighted by Crippen LogP contribution is 2.40. The minimum absolute atomic E-state index is 0.515. The molecule has 1 aromatic carbocycles. The fraction of sp³-hybridized carbons (Fsp3) is 0.417. The second-order valence-corrected chi connectivity index (χ2v) is 8.80. The standard InChI is InChI=1S/C24H26N4O2/c1-14-25-12-22(30-14)15-3-6-20-16(9-15)13-29-24-21(20)7-8-23(27-24)28(2)19-10-17-4-5-18(11-19)26-17/h3,6-9,12,17-19,26H,4-5,10-11,13H2,1-2H3/t17-,18+,19-. The maximum absolute atomic E-state index is 6.08. The van der Waals surface area contributed by atoms with Crippen LogP contribution in [-0.4, -0.2) is 35.1 Å². The fourth-order valence-electron chi connectivity index (χ4n) is 5.24. The lowest BCUT2D eigenvalue weighted by molar-refractivity contribution is 0.289. The van der Waals surface area contributed by atoms with E-state index in [1.807, 2.05) is 6.92 Å². The summed E-state index contributed by atoms with van der Waals surface area (Å²) in [6.07, 6.45) is 6.77. The number of oxazole rings is 1. The van der Waals surface area contributed by atoms with Crippen molar-refractivity contribution in [1.29, 1.82) is 0 Å². The minimum atomic E-state index is 0.515. The van der Waals surface area contributed by atoms with E-state index in [0.717, 1.165) is 34.1 Å². The second kappa shape index (κ2) is 6.84.